The van der Waals surface area contributed by atoms with Crippen LogP contribution in [0.1, 0.15) is 45.0 Å². The number of benzene rings is 1. The van der Waals surface area contributed by atoms with E-state index in [-0.39, 0.29) is 0 Å². The molecule has 0 bridgehead atoms. The minimum Gasteiger partial charge on any atom is -0.394 e. The van der Waals surface area contributed by atoms with Gasteiger partial charge < -0.3 is 25.2 Å². The van der Waals surface area contributed by atoms with Crippen molar-refractivity contribution >= 4 is 11.3 Å². The molecule has 0 spiro atoms. The number of aliphatic hydroxyl groups excluding tert-OH is 4. The van der Waals surface area contributed by atoms with Crippen molar-refractivity contribution in [2.75, 3.05) is 6.61 Å². The van der Waals surface area contributed by atoms with Gasteiger partial charge in [-0.05, 0) is 42.5 Å². The SMILES string of the molecule is CCc1ccc(Cc2sc([C@@H]3OC(CO)[C@@H](O)[C@H](O)[C@H]3O)c(C)c2C)cc1. The van der Waals surface area contributed by atoms with Gasteiger partial charge in [-0.2, -0.15) is 0 Å². The summed E-state index contributed by atoms with van der Waals surface area (Å²) >= 11 is 1.56. The molecular formula is C21H28O5S. The maximum Gasteiger partial charge on any atom is 0.121 e. The van der Waals surface area contributed by atoms with Crippen molar-refractivity contribution < 1.29 is 25.2 Å². The molecule has 1 fully saturated rings. The summed E-state index contributed by atoms with van der Waals surface area (Å²) in [4.78, 5) is 2.02. The highest BCUT2D eigenvalue weighted by Gasteiger charge is 2.45. The van der Waals surface area contributed by atoms with E-state index in [1.807, 2.05) is 6.92 Å². The van der Waals surface area contributed by atoms with Crippen molar-refractivity contribution in [1.29, 1.82) is 0 Å². The fourth-order valence-electron chi connectivity index (χ4n) is 3.52. The molecule has 1 aliphatic rings. The predicted molar refractivity (Wildman–Crippen MR) is 105 cm³/mol. The number of rotatable bonds is 5. The highest BCUT2D eigenvalue weighted by atomic mass is 32.1. The summed E-state index contributed by atoms with van der Waals surface area (Å²) in [6.07, 6.45) is -3.78. The van der Waals surface area contributed by atoms with Crippen molar-refractivity contribution in [3.8, 4) is 0 Å². The first-order valence-corrected chi connectivity index (χ1v) is 10.2. The van der Waals surface area contributed by atoms with Crippen LogP contribution < -0.4 is 0 Å². The Morgan fingerprint density at radius 2 is 1.56 bits per heavy atom. The predicted octanol–water partition coefficient (Wildman–Crippen LogP) is 2.03. The average Bonchev–Trinajstić information content (AvgIpc) is 2.95. The summed E-state index contributed by atoms with van der Waals surface area (Å²) < 4.78 is 5.75. The molecule has 0 aliphatic carbocycles. The number of ether oxygens (including phenoxy) is 1. The van der Waals surface area contributed by atoms with Crippen molar-refractivity contribution in [1.82, 2.24) is 0 Å². The molecule has 2 heterocycles. The van der Waals surface area contributed by atoms with E-state index in [0.717, 1.165) is 28.8 Å². The molecule has 4 N–H and O–H groups in total. The van der Waals surface area contributed by atoms with Gasteiger partial charge in [0.2, 0.25) is 0 Å². The molecule has 1 aromatic heterocycles. The Hall–Kier alpha value is -1.28. The van der Waals surface area contributed by atoms with E-state index in [1.165, 1.54) is 16.0 Å². The Morgan fingerprint density at radius 1 is 0.926 bits per heavy atom. The van der Waals surface area contributed by atoms with E-state index in [1.54, 1.807) is 11.3 Å². The molecule has 1 unspecified atom stereocenters. The quantitative estimate of drug-likeness (QED) is 0.625. The van der Waals surface area contributed by atoms with E-state index in [4.69, 9.17) is 4.74 Å². The van der Waals surface area contributed by atoms with E-state index in [2.05, 4.69) is 38.1 Å². The van der Waals surface area contributed by atoms with Gasteiger partial charge in [0, 0.05) is 16.2 Å². The molecular weight excluding hydrogens is 364 g/mol. The zero-order valence-electron chi connectivity index (χ0n) is 15.9. The van der Waals surface area contributed by atoms with Gasteiger partial charge in [0.05, 0.1) is 6.61 Å². The third-order valence-electron chi connectivity index (χ3n) is 5.53. The van der Waals surface area contributed by atoms with Gasteiger partial charge in [-0.25, -0.2) is 0 Å². The van der Waals surface area contributed by atoms with Crippen LogP contribution in [0.15, 0.2) is 24.3 Å². The van der Waals surface area contributed by atoms with E-state index in [9.17, 15) is 20.4 Å². The molecule has 6 heteroatoms. The number of aryl methyl sites for hydroxylation is 1. The Labute approximate surface area is 163 Å². The topological polar surface area (TPSA) is 90.2 Å². The fraction of sp³-hybridized carbons (Fsp3) is 0.524. The van der Waals surface area contributed by atoms with Crippen LogP contribution in [0.2, 0.25) is 0 Å². The third kappa shape index (κ3) is 3.97. The van der Waals surface area contributed by atoms with Gasteiger partial charge >= 0.3 is 0 Å². The lowest BCUT2D eigenvalue weighted by Gasteiger charge is -2.40. The lowest BCUT2D eigenvalue weighted by atomic mass is 9.92. The largest absolute Gasteiger partial charge is 0.394 e. The summed E-state index contributed by atoms with van der Waals surface area (Å²) in [6.45, 7) is 5.75. The van der Waals surface area contributed by atoms with Crippen LogP contribution in [-0.2, 0) is 17.6 Å². The maximum atomic E-state index is 10.4. The molecule has 3 rings (SSSR count). The fourth-order valence-corrected chi connectivity index (χ4v) is 4.94. The Kier molecular flexibility index (Phi) is 6.35. The average molecular weight is 393 g/mol. The Bertz CT molecular complexity index is 768. The van der Waals surface area contributed by atoms with Gasteiger partial charge in [-0.15, -0.1) is 11.3 Å². The van der Waals surface area contributed by atoms with Gasteiger partial charge in [0.1, 0.15) is 30.5 Å². The number of aliphatic hydroxyl groups is 4. The first-order chi connectivity index (χ1) is 12.9. The molecule has 1 aromatic carbocycles. The zero-order valence-corrected chi connectivity index (χ0v) is 16.7. The van der Waals surface area contributed by atoms with Crippen molar-refractivity contribution in [3.63, 3.8) is 0 Å². The van der Waals surface area contributed by atoms with Crippen molar-refractivity contribution in [2.45, 2.75) is 64.1 Å². The molecule has 2 aromatic rings. The summed E-state index contributed by atoms with van der Waals surface area (Å²) in [7, 11) is 0. The lowest BCUT2D eigenvalue weighted by molar-refractivity contribution is -0.231. The van der Waals surface area contributed by atoms with Crippen LogP contribution in [0.5, 0.6) is 0 Å². The van der Waals surface area contributed by atoms with Gasteiger partial charge in [0.25, 0.3) is 0 Å². The van der Waals surface area contributed by atoms with Crippen LogP contribution >= 0.6 is 11.3 Å². The van der Waals surface area contributed by atoms with E-state index in [0.29, 0.717) is 0 Å². The van der Waals surface area contributed by atoms with Gasteiger partial charge in [0.15, 0.2) is 0 Å². The molecule has 27 heavy (non-hydrogen) atoms. The number of thiophene rings is 1. The lowest BCUT2D eigenvalue weighted by Crippen LogP contribution is -2.55. The van der Waals surface area contributed by atoms with E-state index < -0.39 is 37.1 Å². The van der Waals surface area contributed by atoms with Crippen molar-refractivity contribution in [3.05, 3.63) is 56.3 Å². The van der Waals surface area contributed by atoms with Crippen LogP contribution in [-0.4, -0.2) is 51.4 Å². The molecule has 0 saturated carbocycles. The number of hydrogen-bond acceptors (Lipinski definition) is 6. The van der Waals surface area contributed by atoms with E-state index >= 15 is 0 Å². The molecule has 5 nitrogen and oxygen atoms in total. The Balaban J connectivity index is 1.87. The van der Waals surface area contributed by atoms with Crippen molar-refractivity contribution in [2.24, 2.45) is 0 Å². The smallest absolute Gasteiger partial charge is 0.121 e. The molecule has 5 atom stereocenters. The molecule has 1 saturated heterocycles. The highest BCUT2D eigenvalue weighted by Crippen LogP contribution is 2.40. The summed E-state index contributed by atoms with van der Waals surface area (Å²) in [5, 5.41) is 40.0. The normalized spacial score (nSPS) is 28.5. The monoisotopic (exact) mass is 392 g/mol. The number of hydrogen-bond donors (Lipinski definition) is 4. The van der Waals surface area contributed by atoms with Gasteiger partial charge in [-0.1, -0.05) is 31.2 Å². The molecule has 148 valence electrons. The van der Waals surface area contributed by atoms with Crippen LogP contribution in [0.3, 0.4) is 0 Å². The van der Waals surface area contributed by atoms with Gasteiger partial charge in [-0.3, -0.25) is 0 Å². The van der Waals surface area contributed by atoms with Crippen LogP contribution in [0.4, 0.5) is 0 Å². The standard InChI is InChI=1S/C21H28O5S/c1-4-13-5-7-14(8-6-13)9-16-11(2)12(3)21(27-16)20-19(25)18(24)17(23)15(10-22)26-20/h5-8,15,17-20,22-25H,4,9-10H2,1-3H3/t15?,17-,18+,19-,20-/m1/s1. The van der Waals surface area contributed by atoms with Crippen LogP contribution in [0.25, 0.3) is 0 Å². The molecule has 0 amide bonds. The summed E-state index contributed by atoms with van der Waals surface area (Å²) in [5.41, 5.74) is 4.69. The molecule has 0 radical (unpaired) electrons. The summed E-state index contributed by atoms with van der Waals surface area (Å²) in [6, 6.07) is 8.56. The first-order valence-electron chi connectivity index (χ1n) is 9.34. The molecule has 1 aliphatic heterocycles. The zero-order chi connectivity index (χ0) is 19.7. The maximum absolute atomic E-state index is 10.4. The second-order valence-electron chi connectivity index (χ2n) is 7.24. The minimum atomic E-state index is -1.35. The van der Waals surface area contributed by atoms with Crippen LogP contribution in [0, 0.1) is 13.8 Å². The highest BCUT2D eigenvalue weighted by molar-refractivity contribution is 7.12. The third-order valence-corrected chi connectivity index (χ3v) is 6.99. The first kappa shape index (κ1) is 20.5. The minimum absolute atomic E-state index is 0.415. The second kappa shape index (κ2) is 8.39. The summed E-state index contributed by atoms with van der Waals surface area (Å²) in [5.74, 6) is 0. The second-order valence-corrected chi connectivity index (χ2v) is 8.37. The Morgan fingerprint density at radius 3 is 2.15 bits per heavy atom.